The first-order chi connectivity index (χ1) is 9.69. The smallest absolute Gasteiger partial charge is 0.136 e. The maximum atomic E-state index is 9.74. The molecule has 1 aliphatic heterocycles. The van der Waals surface area contributed by atoms with Crippen LogP contribution in [0.5, 0.6) is 0 Å². The van der Waals surface area contributed by atoms with Gasteiger partial charge in [0.05, 0.1) is 18.4 Å². The standard InChI is InChI=1S/C16H20N2O2/c1-11(20)13-6-7-18(9-13)16-15-5-3-2-4-12(15)8-14(10-19)17-16/h2-5,8,11,13,19-20H,6-7,9-10H2,1H3. The maximum absolute atomic E-state index is 9.74. The molecule has 1 aliphatic rings. The van der Waals surface area contributed by atoms with Gasteiger partial charge in [0, 0.05) is 24.4 Å². The Labute approximate surface area is 118 Å². The van der Waals surface area contributed by atoms with Crippen molar-refractivity contribution >= 4 is 16.6 Å². The van der Waals surface area contributed by atoms with E-state index in [0.717, 1.165) is 36.1 Å². The summed E-state index contributed by atoms with van der Waals surface area (Å²) in [5.74, 6) is 1.23. The molecule has 2 atom stereocenters. The predicted octanol–water partition coefficient (Wildman–Crippen LogP) is 1.93. The van der Waals surface area contributed by atoms with Gasteiger partial charge in [-0.05, 0) is 24.8 Å². The summed E-state index contributed by atoms with van der Waals surface area (Å²) < 4.78 is 0. The van der Waals surface area contributed by atoms with E-state index in [2.05, 4.69) is 16.0 Å². The Balaban J connectivity index is 2.02. The van der Waals surface area contributed by atoms with Gasteiger partial charge in [0.2, 0.25) is 0 Å². The molecule has 2 unspecified atom stereocenters. The van der Waals surface area contributed by atoms with Gasteiger partial charge in [-0.2, -0.15) is 0 Å². The summed E-state index contributed by atoms with van der Waals surface area (Å²) in [5.41, 5.74) is 0.694. The molecule has 1 aromatic carbocycles. The monoisotopic (exact) mass is 272 g/mol. The van der Waals surface area contributed by atoms with Crippen molar-refractivity contribution in [2.75, 3.05) is 18.0 Å². The number of aliphatic hydroxyl groups excluding tert-OH is 2. The Bertz CT molecular complexity index is 612. The summed E-state index contributed by atoms with van der Waals surface area (Å²) in [5, 5.41) is 21.3. The van der Waals surface area contributed by atoms with Gasteiger partial charge in [-0.3, -0.25) is 0 Å². The lowest BCUT2D eigenvalue weighted by Gasteiger charge is -2.21. The van der Waals surface area contributed by atoms with Crippen molar-refractivity contribution in [3.8, 4) is 0 Å². The minimum atomic E-state index is -0.285. The number of aromatic nitrogens is 1. The number of rotatable bonds is 3. The summed E-state index contributed by atoms with van der Waals surface area (Å²) >= 11 is 0. The first-order valence-corrected chi connectivity index (χ1v) is 7.11. The van der Waals surface area contributed by atoms with E-state index in [4.69, 9.17) is 0 Å². The summed E-state index contributed by atoms with van der Waals surface area (Å²) in [4.78, 5) is 6.81. The lowest BCUT2D eigenvalue weighted by molar-refractivity contribution is 0.136. The number of aliphatic hydroxyl groups is 2. The number of hydrogen-bond acceptors (Lipinski definition) is 4. The summed E-state index contributed by atoms with van der Waals surface area (Å²) in [7, 11) is 0. The zero-order chi connectivity index (χ0) is 14.1. The van der Waals surface area contributed by atoms with Crippen molar-refractivity contribution in [3.63, 3.8) is 0 Å². The number of hydrogen-bond donors (Lipinski definition) is 2. The van der Waals surface area contributed by atoms with Crippen molar-refractivity contribution in [2.24, 2.45) is 5.92 Å². The largest absolute Gasteiger partial charge is 0.393 e. The molecule has 1 saturated heterocycles. The third-order valence-corrected chi connectivity index (χ3v) is 4.14. The highest BCUT2D eigenvalue weighted by atomic mass is 16.3. The van der Waals surface area contributed by atoms with Crippen molar-refractivity contribution in [1.82, 2.24) is 4.98 Å². The molecule has 0 radical (unpaired) electrons. The SMILES string of the molecule is CC(O)C1CCN(c2nc(CO)cc3ccccc23)C1. The molecule has 20 heavy (non-hydrogen) atoms. The van der Waals surface area contributed by atoms with Crippen LogP contribution in [0.1, 0.15) is 19.0 Å². The van der Waals surface area contributed by atoms with E-state index in [1.54, 1.807) is 0 Å². The topological polar surface area (TPSA) is 56.6 Å². The van der Waals surface area contributed by atoms with Gasteiger partial charge in [-0.1, -0.05) is 24.3 Å². The molecule has 106 valence electrons. The second-order valence-corrected chi connectivity index (χ2v) is 5.55. The molecule has 1 fully saturated rings. The Kier molecular flexibility index (Phi) is 3.59. The second kappa shape index (κ2) is 5.38. The molecule has 4 nitrogen and oxygen atoms in total. The minimum Gasteiger partial charge on any atom is -0.393 e. The number of nitrogens with zero attached hydrogens (tertiary/aromatic N) is 2. The first-order valence-electron chi connectivity index (χ1n) is 7.11. The van der Waals surface area contributed by atoms with Crippen LogP contribution in [0.25, 0.3) is 10.8 Å². The van der Waals surface area contributed by atoms with Crippen LogP contribution in [-0.4, -0.2) is 34.4 Å². The average molecular weight is 272 g/mol. The summed E-state index contributed by atoms with van der Waals surface area (Å²) in [6, 6.07) is 10.0. The molecule has 0 aliphatic carbocycles. The molecule has 2 heterocycles. The van der Waals surface area contributed by atoms with E-state index in [1.165, 1.54) is 0 Å². The number of fused-ring (bicyclic) bond motifs is 1. The van der Waals surface area contributed by atoms with Crippen LogP contribution >= 0.6 is 0 Å². The van der Waals surface area contributed by atoms with Crippen LogP contribution in [-0.2, 0) is 6.61 Å². The van der Waals surface area contributed by atoms with Gasteiger partial charge >= 0.3 is 0 Å². The molecule has 0 spiro atoms. The molecule has 0 bridgehead atoms. The van der Waals surface area contributed by atoms with Crippen LogP contribution in [0.4, 0.5) is 5.82 Å². The fraction of sp³-hybridized carbons (Fsp3) is 0.438. The third kappa shape index (κ3) is 2.37. The van der Waals surface area contributed by atoms with Crippen molar-refractivity contribution in [2.45, 2.75) is 26.1 Å². The summed E-state index contributed by atoms with van der Waals surface area (Å²) in [6.07, 6.45) is 0.698. The van der Waals surface area contributed by atoms with Gasteiger partial charge in [0.1, 0.15) is 5.82 Å². The highest BCUT2D eigenvalue weighted by Gasteiger charge is 2.27. The Morgan fingerprint density at radius 3 is 2.90 bits per heavy atom. The van der Waals surface area contributed by atoms with Gasteiger partial charge in [0.25, 0.3) is 0 Å². The van der Waals surface area contributed by atoms with Crippen LogP contribution in [0.15, 0.2) is 30.3 Å². The van der Waals surface area contributed by atoms with Gasteiger partial charge in [0.15, 0.2) is 0 Å². The zero-order valence-corrected chi connectivity index (χ0v) is 11.7. The van der Waals surface area contributed by atoms with Gasteiger partial charge < -0.3 is 15.1 Å². The highest BCUT2D eigenvalue weighted by Crippen LogP contribution is 2.30. The molecule has 2 aromatic rings. The van der Waals surface area contributed by atoms with Crippen LogP contribution in [0.3, 0.4) is 0 Å². The van der Waals surface area contributed by atoms with Crippen LogP contribution < -0.4 is 4.90 Å². The molecule has 2 N–H and O–H groups in total. The van der Waals surface area contributed by atoms with Crippen LogP contribution in [0, 0.1) is 5.92 Å². The normalized spacial score (nSPS) is 20.6. The van der Waals surface area contributed by atoms with E-state index in [-0.39, 0.29) is 12.7 Å². The molecule has 0 amide bonds. The first kappa shape index (κ1) is 13.3. The molecule has 1 aromatic heterocycles. The Morgan fingerprint density at radius 1 is 1.40 bits per heavy atom. The number of anilines is 1. The lowest BCUT2D eigenvalue weighted by Crippen LogP contribution is -2.25. The quantitative estimate of drug-likeness (QED) is 0.896. The van der Waals surface area contributed by atoms with Gasteiger partial charge in [-0.15, -0.1) is 0 Å². The average Bonchev–Trinajstić information content (AvgIpc) is 2.96. The fourth-order valence-electron chi connectivity index (χ4n) is 2.93. The van der Waals surface area contributed by atoms with E-state index in [0.29, 0.717) is 11.6 Å². The van der Waals surface area contributed by atoms with Crippen molar-refractivity contribution in [1.29, 1.82) is 0 Å². The predicted molar refractivity (Wildman–Crippen MR) is 79.7 cm³/mol. The number of benzene rings is 1. The van der Waals surface area contributed by atoms with Gasteiger partial charge in [-0.25, -0.2) is 4.98 Å². The molecular formula is C16H20N2O2. The summed E-state index contributed by atoms with van der Waals surface area (Å²) in [6.45, 7) is 3.53. The third-order valence-electron chi connectivity index (χ3n) is 4.14. The molecule has 4 heteroatoms. The van der Waals surface area contributed by atoms with E-state index < -0.39 is 0 Å². The second-order valence-electron chi connectivity index (χ2n) is 5.55. The zero-order valence-electron chi connectivity index (χ0n) is 11.7. The van der Waals surface area contributed by atoms with Crippen molar-refractivity contribution < 1.29 is 10.2 Å². The molecule has 3 rings (SSSR count). The maximum Gasteiger partial charge on any atom is 0.136 e. The Morgan fingerprint density at radius 2 is 2.20 bits per heavy atom. The number of pyridine rings is 1. The van der Waals surface area contributed by atoms with Crippen molar-refractivity contribution in [3.05, 3.63) is 36.0 Å². The van der Waals surface area contributed by atoms with Crippen LogP contribution in [0.2, 0.25) is 0 Å². The fourth-order valence-corrected chi connectivity index (χ4v) is 2.93. The van der Waals surface area contributed by atoms with E-state index >= 15 is 0 Å². The Hall–Kier alpha value is -1.65. The highest BCUT2D eigenvalue weighted by molar-refractivity contribution is 5.92. The van der Waals surface area contributed by atoms with E-state index in [9.17, 15) is 10.2 Å². The minimum absolute atomic E-state index is 0.0501. The molecule has 0 saturated carbocycles. The molecular weight excluding hydrogens is 252 g/mol. The van der Waals surface area contributed by atoms with E-state index in [1.807, 2.05) is 31.2 Å². The lowest BCUT2D eigenvalue weighted by atomic mass is 10.0.